The number of hydrogen-bond donors (Lipinski definition) is 3. The van der Waals surface area contributed by atoms with Gasteiger partial charge < -0.3 is 15.5 Å². The number of allylic oxidation sites excluding steroid dienone is 5. The normalized spacial score (nSPS) is 13.3. The standard InChI is InChI=1S/C47H89NO3/c1-3-5-7-9-11-13-15-17-19-20-21-22-23-24-25-26-27-29-30-32-34-36-38-40-42-46(50)45(44-49)48-47(51)43-41-39-37-35-33-31-28-18-16-14-12-10-8-6-4-2/h12,14,18,28,40,42,45-46,49-50H,3-11,13,15-17,19-27,29-39,41,43-44H2,1-2H3,(H,48,51)/b14-12-,28-18-,42-40+. The van der Waals surface area contributed by atoms with Crippen molar-refractivity contribution in [3.05, 3.63) is 36.5 Å². The lowest BCUT2D eigenvalue weighted by Gasteiger charge is -2.20. The third-order valence-electron chi connectivity index (χ3n) is 10.4. The Bertz CT molecular complexity index is 775. The molecule has 0 radical (unpaired) electrons. The molecule has 0 rings (SSSR count). The van der Waals surface area contributed by atoms with E-state index in [0.717, 1.165) is 44.9 Å². The molecule has 0 bridgehead atoms. The fraction of sp³-hybridized carbons (Fsp3) is 0.851. The number of aliphatic hydroxyl groups excluding tert-OH is 2. The zero-order valence-corrected chi connectivity index (χ0v) is 34.4. The fourth-order valence-electron chi connectivity index (χ4n) is 6.86. The molecular formula is C47H89NO3. The molecule has 0 aliphatic carbocycles. The van der Waals surface area contributed by atoms with Crippen LogP contribution in [0.5, 0.6) is 0 Å². The Labute approximate surface area is 319 Å². The van der Waals surface area contributed by atoms with E-state index in [-0.39, 0.29) is 12.5 Å². The molecule has 0 aliphatic rings. The Morgan fingerprint density at radius 2 is 0.804 bits per heavy atom. The lowest BCUT2D eigenvalue weighted by atomic mass is 10.0. The largest absolute Gasteiger partial charge is 0.394 e. The number of amides is 1. The average Bonchev–Trinajstić information content (AvgIpc) is 3.13. The monoisotopic (exact) mass is 716 g/mol. The van der Waals surface area contributed by atoms with E-state index in [2.05, 4.69) is 43.5 Å². The molecule has 0 fully saturated rings. The van der Waals surface area contributed by atoms with Crippen molar-refractivity contribution in [1.82, 2.24) is 5.32 Å². The maximum atomic E-state index is 12.4. The van der Waals surface area contributed by atoms with Crippen LogP contribution >= 0.6 is 0 Å². The summed E-state index contributed by atoms with van der Waals surface area (Å²) in [4.78, 5) is 12.4. The highest BCUT2D eigenvalue weighted by atomic mass is 16.3. The molecule has 0 aromatic carbocycles. The first-order valence-electron chi connectivity index (χ1n) is 22.7. The third kappa shape index (κ3) is 39.6. The summed E-state index contributed by atoms with van der Waals surface area (Å²) in [6, 6.07) is -0.628. The average molecular weight is 716 g/mol. The maximum absolute atomic E-state index is 12.4. The van der Waals surface area contributed by atoms with Crippen LogP contribution in [0, 0.1) is 0 Å². The van der Waals surface area contributed by atoms with Gasteiger partial charge in [0, 0.05) is 6.42 Å². The second kappa shape index (κ2) is 43.0. The van der Waals surface area contributed by atoms with Gasteiger partial charge in [0.1, 0.15) is 0 Å². The molecule has 0 aromatic heterocycles. The molecule has 0 spiro atoms. The first-order chi connectivity index (χ1) is 25.2. The van der Waals surface area contributed by atoms with Gasteiger partial charge in [0.05, 0.1) is 18.8 Å². The van der Waals surface area contributed by atoms with Gasteiger partial charge in [-0.2, -0.15) is 0 Å². The molecule has 4 nitrogen and oxygen atoms in total. The van der Waals surface area contributed by atoms with Crippen molar-refractivity contribution < 1.29 is 15.0 Å². The van der Waals surface area contributed by atoms with E-state index in [9.17, 15) is 15.0 Å². The van der Waals surface area contributed by atoms with Gasteiger partial charge in [-0.05, 0) is 51.4 Å². The first kappa shape index (κ1) is 49.6. The minimum atomic E-state index is -0.844. The lowest BCUT2D eigenvalue weighted by Crippen LogP contribution is -2.45. The second-order valence-electron chi connectivity index (χ2n) is 15.5. The number of carbonyl (C=O) groups excluding carboxylic acids is 1. The van der Waals surface area contributed by atoms with Crippen molar-refractivity contribution in [2.45, 2.75) is 251 Å². The summed E-state index contributed by atoms with van der Waals surface area (Å²) in [6.07, 6.45) is 56.9. The van der Waals surface area contributed by atoms with E-state index < -0.39 is 12.1 Å². The van der Waals surface area contributed by atoms with Crippen molar-refractivity contribution in [3.8, 4) is 0 Å². The molecule has 0 saturated heterocycles. The topological polar surface area (TPSA) is 69.6 Å². The van der Waals surface area contributed by atoms with Gasteiger partial charge in [-0.3, -0.25) is 4.79 Å². The van der Waals surface area contributed by atoms with E-state index in [0.29, 0.717) is 6.42 Å². The smallest absolute Gasteiger partial charge is 0.220 e. The zero-order chi connectivity index (χ0) is 37.1. The molecule has 2 atom stereocenters. The van der Waals surface area contributed by atoms with Crippen LogP contribution < -0.4 is 5.32 Å². The zero-order valence-electron chi connectivity index (χ0n) is 34.4. The summed E-state index contributed by atoms with van der Waals surface area (Å²) in [7, 11) is 0. The molecule has 4 heteroatoms. The summed E-state index contributed by atoms with van der Waals surface area (Å²) >= 11 is 0. The molecule has 0 heterocycles. The second-order valence-corrected chi connectivity index (χ2v) is 15.5. The lowest BCUT2D eigenvalue weighted by molar-refractivity contribution is -0.123. The highest BCUT2D eigenvalue weighted by Crippen LogP contribution is 2.16. The summed E-state index contributed by atoms with van der Waals surface area (Å²) in [5.74, 6) is -0.0771. The minimum absolute atomic E-state index is 0.0771. The van der Waals surface area contributed by atoms with Crippen LogP contribution in [-0.2, 0) is 4.79 Å². The van der Waals surface area contributed by atoms with Gasteiger partial charge in [-0.1, -0.05) is 217 Å². The highest BCUT2D eigenvalue weighted by Gasteiger charge is 2.17. The van der Waals surface area contributed by atoms with Crippen LogP contribution in [0.25, 0.3) is 0 Å². The molecule has 0 aliphatic heterocycles. The Hall–Kier alpha value is -1.39. The number of nitrogens with one attached hydrogen (secondary N) is 1. The quantitative estimate of drug-likeness (QED) is 0.0436. The van der Waals surface area contributed by atoms with Crippen molar-refractivity contribution in [3.63, 3.8) is 0 Å². The number of carbonyl (C=O) groups is 1. The minimum Gasteiger partial charge on any atom is -0.394 e. The fourth-order valence-corrected chi connectivity index (χ4v) is 6.86. The van der Waals surface area contributed by atoms with Crippen molar-refractivity contribution in [1.29, 1.82) is 0 Å². The number of aliphatic hydroxyl groups is 2. The number of unbranched alkanes of at least 4 members (excludes halogenated alkanes) is 30. The molecule has 51 heavy (non-hydrogen) atoms. The predicted octanol–water partition coefficient (Wildman–Crippen LogP) is 14.2. The van der Waals surface area contributed by atoms with Crippen LogP contribution in [0.3, 0.4) is 0 Å². The summed E-state index contributed by atoms with van der Waals surface area (Å²) in [5.41, 5.74) is 0. The van der Waals surface area contributed by atoms with Crippen LogP contribution in [-0.4, -0.2) is 34.9 Å². The van der Waals surface area contributed by atoms with E-state index >= 15 is 0 Å². The predicted molar refractivity (Wildman–Crippen MR) is 225 cm³/mol. The molecule has 1 amide bonds. The van der Waals surface area contributed by atoms with Crippen LogP contribution in [0.4, 0.5) is 0 Å². The van der Waals surface area contributed by atoms with Crippen LogP contribution in [0.15, 0.2) is 36.5 Å². The Morgan fingerprint density at radius 1 is 0.471 bits per heavy atom. The van der Waals surface area contributed by atoms with Crippen molar-refractivity contribution in [2.75, 3.05) is 6.61 Å². The van der Waals surface area contributed by atoms with Crippen molar-refractivity contribution in [2.24, 2.45) is 0 Å². The number of rotatable bonds is 41. The number of hydrogen-bond acceptors (Lipinski definition) is 3. The summed E-state index contributed by atoms with van der Waals surface area (Å²) in [6.45, 7) is 4.29. The van der Waals surface area contributed by atoms with Gasteiger partial charge >= 0.3 is 0 Å². The molecule has 0 aromatic rings. The SMILES string of the molecule is CCCCC/C=C\C/C=C\CCCCCCCC(=O)NC(CO)C(O)/C=C/CCCCCCCCCCCCCCCCCCCCCCCC. The maximum Gasteiger partial charge on any atom is 0.220 e. The van der Waals surface area contributed by atoms with E-state index in [1.165, 1.54) is 173 Å². The summed E-state index contributed by atoms with van der Waals surface area (Å²) in [5, 5.41) is 23.0. The van der Waals surface area contributed by atoms with Gasteiger partial charge in [0.25, 0.3) is 0 Å². The highest BCUT2D eigenvalue weighted by molar-refractivity contribution is 5.76. The van der Waals surface area contributed by atoms with Gasteiger partial charge in [-0.25, -0.2) is 0 Å². The molecule has 0 saturated carbocycles. The Kier molecular flexibility index (Phi) is 41.8. The molecule has 2 unspecified atom stereocenters. The van der Waals surface area contributed by atoms with E-state index in [4.69, 9.17) is 0 Å². The Morgan fingerprint density at radius 3 is 1.22 bits per heavy atom. The van der Waals surface area contributed by atoms with Crippen LogP contribution in [0.2, 0.25) is 0 Å². The summed E-state index contributed by atoms with van der Waals surface area (Å²) < 4.78 is 0. The third-order valence-corrected chi connectivity index (χ3v) is 10.4. The molecule has 300 valence electrons. The van der Waals surface area contributed by atoms with Gasteiger partial charge in [-0.15, -0.1) is 0 Å². The van der Waals surface area contributed by atoms with Crippen LogP contribution in [0.1, 0.15) is 239 Å². The Balaban J connectivity index is 3.54. The van der Waals surface area contributed by atoms with Gasteiger partial charge in [0.2, 0.25) is 5.91 Å². The first-order valence-corrected chi connectivity index (χ1v) is 22.7. The molecule has 3 N–H and O–H groups in total. The van der Waals surface area contributed by atoms with Crippen molar-refractivity contribution >= 4 is 5.91 Å². The van der Waals surface area contributed by atoms with E-state index in [1.54, 1.807) is 6.08 Å². The van der Waals surface area contributed by atoms with E-state index in [1.807, 2.05) is 6.08 Å². The van der Waals surface area contributed by atoms with Gasteiger partial charge in [0.15, 0.2) is 0 Å². The molecular weight excluding hydrogens is 627 g/mol.